The van der Waals surface area contributed by atoms with E-state index in [1.54, 1.807) is 6.20 Å². The Kier molecular flexibility index (Phi) is 1.53. The van der Waals surface area contributed by atoms with Gasteiger partial charge in [0.1, 0.15) is 19.5 Å². The van der Waals surface area contributed by atoms with E-state index in [-0.39, 0.29) is 0 Å². The van der Waals surface area contributed by atoms with Crippen molar-refractivity contribution < 1.29 is 9.47 Å². The van der Waals surface area contributed by atoms with Gasteiger partial charge in [0.05, 0.1) is 10.9 Å². The molecule has 2 heterocycles. The molecule has 2 aromatic rings. The molecule has 0 saturated carbocycles. The third-order valence-electron chi connectivity index (χ3n) is 2.19. The maximum absolute atomic E-state index is 5.53. The summed E-state index contributed by atoms with van der Waals surface area (Å²) in [6.07, 6.45) is 3.27. The van der Waals surface area contributed by atoms with Crippen molar-refractivity contribution in [3.05, 3.63) is 24.7 Å². The van der Waals surface area contributed by atoms with E-state index in [0.717, 1.165) is 22.4 Å². The van der Waals surface area contributed by atoms with Crippen LogP contribution in [-0.4, -0.2) is 23.2 Å². The van der Waals surface area contributed by atoms with Gasteiger partial charge in [0.2, 0.25) is 0 Å². The Labute approximate surface area is 80.5 Å². The summed E-state index contributed by atoms with van der Waals surface area (Å²) >= 11 is 0. The van der Waals surface area contributed by atoms with Crippen LogP contribution in [0.5, 0.6) is 11.5 Å². The first-order valence-corrected chi connectivity index (χ1v) is 4.43. The Morgan fingerprint density at radius 1 is 1.14 bits per heavy atom. The Morgan fingerprint density at radius 2 is 2.07 bits per heavy atom. The summed E-state index contributed by atoms with van der Waals surface area (Å²) in [6, 6.07) is 3.79. The molecule has 0 unspecified atom stereocenters. The van der Waals surface area contributed by atoms with E-state index in [9.17, 15) is 0 Å². The number of rotatable bonds is 0. The Morgan fingerprint density at radius 3 is 3.07 bits per heavy atom. The highest BCUT2D eigenvalue weighted by molar-refractivity contribution is 5.87. The highest BCUT2D eigenvalue weighted by Gasteiger charge is 2.14. The van der Waals surface area contributed by atoms with Gasteiger partial charge in [-0.15, -0.1) is 0 Å². The average molecular weight is 188 g/mol. The first kappa shape index (κ1) is 7.55. The van der Waals surface area contributed by atoms with Gasteiger partial charge >= 0.3 is 0 Å². The molecule has 4 nitrogen and oxygen atoms in total. The second-order valence-electron chi connectivity index (χ2n) is 3.05. The third-order valence-corrected chi connectivity index (χ3v) is 2.19. The summed E-state index contributed by atoms with van der Waals surface area (Å²) in [6.45, 7) is 1.19. The molecular weight excluding hydrogens is 180 g/mol. The van der Waals surface area contributed by atoms with Crippen LogP contribution in [-0.2, 0) is 0 Å². The van der Waals surface area contributed by atoms with Crippen molar-refractivity contribution in [2.75, 3.05) is 13.2 Å². The molecule has 14 heavy (non-hydrogen) atoms. The number of hydrogen-bond acceptors (Lipinski definition) is 4. The quantitative estimate of drug-likeness (QED) is 0.626. The van der Waals surface area contributed by atoms with Crippen molar-refractivity contribution in [2.45, 2.75) is 0 Å². The van der Waals surface area contributed by atoms with E-state index < -0.39 is 0 Å². The van der Waals surface area contributed by atoms with Crippen LogP contribution in [0.3, 0.4) is 0 Å². The van der Waals surface area contributed by atoms with E-state index >= 15 is 0 Å². The van der Waals surface area contributed by atoms with Crippen LogP contribution in [0.4, 0.5) is 0 Å². The lowest BCUT2D eigenvalue weighted by molar-refractivity contribution is 0.174. The van der Waals surface area contributed by atoms with Gasteiger partial charge in [-0.1, -0.05) is 0 Å². The molecule has 0 bridgehead atoms. The molecule has 0 radical (unpaired) electrons. The van der Waals surface area contributed by atoms with Crippen LogP contribution < -0.4 is 9.47 Å². The summed E-state index contributed by atoms with van der Waals surface area (Å²) in [5.74, 6) is 1.54. The normalized spacial score (nSPS) is 14.3. The average Bonchev–Trinajstić information content (AvgIpc) is 2.29. The lowest BCUT2D eigenvalue weighted by Crippen LogP contribution is -2.15. The van der Waals surface area contributed by atoms with Crippen molar-refractivity contribution in [1.29, 1.82) is 0 Å². The van der Waals surface area contributed by atoms with Crippen LogP contribution in [0.25, 0.3) is 10.9 Å². The molecule has 4 heteroatoms. The highest BCUT2D eigenvalue weighted by Crippen LogP contribution is 2.36. The van der Waals surface area contributed by atoms with E-state index in [1.165, 1.54) is 6.33 Å². The van der Waals surface area contributed by atoms with Gasteiger partial charge < -0.3 is 9.47 Å². The van der Waals surface area contributed by atoms with Gasteiger partial charge in [0.15, 0.2) is 11.5 Å². The molecule has 3 rings (SSSR count). The maximum Gasteiger partial charge on any atom is 0.172 e. The third kappa shape index (κ3) is 1.00. The van der Waals surface area contributed by atoms with E-state index in [0.29, 0.717) is 13.2 Å². The fourth-order valence-corrected chi connectivity index (χ4v) is 1.57. The van der Waals surface area contributed by atoms with Crippen molar-refractivity contribution in [2.24, 2.45) is 0 Å². The smallest absolute Gasteiger partial charge is 0.172 e. The number of nitrogens with zero attached hydrogens (tertiary/aromatic N) is 2. The van der Waals surface area contributed by atoms with E-state index in [2.05, 4.69) is 9.97 Å². The zero-order valence-corrected chi connectivity index (χ0v) is 7.43. The van der Waals surface area contributed by atoms with Crippen molar-refractivity contribution >= 4 is 10.9 Å². The molecule has 1 aliphatic rings. The van der Waals surface area contributed by atoms with Crippen LogP contribution in [0.1, 0.15) is 0 Å². The molecule has 1 aromatic carbocycles. The maximum atomic E-state index is 5.53. The zero-order chi connectivity index (χ0) is 9.38. The van der Waals surface area contributed by atoms with Gasteiger partial charge in [-0.3, -0.25) is 0 Å². The number of aromatic nitrogens is 2. The Balaban J connectivity index is 2.34. The van der Waals surface area contributed by atoms with Crippen LogP contribution in [0.15, 0.2) is 24.7 Å². The van der Waals surface area contributed by atoms with Crippen LogP contribution in [0, 0.1) is 0 Å². The molecule has 0 atom stereocenters. The molecule has 70 valence electrons. The second kappa shape index (κ2) is 2.83. The molecule has 0 amide bonds. The van der Waals surface area contributed by atoms with Crippen molar-refractivity contribution in [3.8, 4) is 11.5 Å². The lowest BCUT2D eigenvalue weighted by atomic mass is 10.2. The van der Waals surface area contributed by atoms with Gasteiger partial charge in [-0.05, 0) is 12.1 Å². The molecule has 0 N–H and O–H groups in total. The van der Waals surface area contributed by atoms with Crippen molar-refractivity contribution in [3.63, 3.8) is 0 Å². The summed E-state index contributed by atoms with van der Waals surface area (Å²) in [5, 5.41) is 0.907. The molecule has 1 aliphatic heterocycles. The van der Waals surface area contributed by atoms with Gasteiger partial charge in [-0.25, -0.2) is 9.97 Å². The second-order valence-corrected chi connectivity index (χ2v) is 3.05. The number of benzene rings is 1. The predicted molar refractivity (Wildman–Crippen MR) is 50.5 cm³/mol. The molecule has 0 spiro atoms. The van der Waals surface area contributed by atoms with E-state index in [4.69, 9.17) is 9.47 Å². The minimum absolute atomic E-state index is 0.584. The fourth-order valence-electron chi connectivity index (χ4n) is 1.57. The minimum atomic E-state index is 0.584. The summed E-state index contributed by atoms with van der Waals surface area (Å²) in [4.78, 5) is 8.12. The summed E-state index contributed by atoms with van der Waals surface area (Å²) in [7, 11) is 0. The molecule has 0 fully saturated rings. The topological polar surface area (TPSA) is 44.2 Å². The summed E-state index contributed by atoms with van der Waals surface area (Å²) < 4.78 is 11.0. The number of fused-ring (bicyclic) bond motifs is 3. The lowest BCUT2D eigenvalue weighted by Gasteiger charge is -2.19. The first-order chi connectivity index (χ1) is 6.95. The SMILES string of the molecule is c1ncc2c3c(ccc2n1)OCCO3. The van der Waals surface area contributed by atoms with E-state index in [1.807, 2.05) is 12.1 Å². The van der Waals surface area contributed by atoms with Gasteiger partial charge in [0.25, 0.3) is 0 Å². The monoisotopic (exact) mass is 188 g/mol. The predicted octanol–water partition coefficient (Wildman–Crippen LogP) is 1.40. The molecule has 0 saturated heterocycles. The van der Waals surface area contributed by atoms with Crippen LogP contribution >= 0.6 is 0 Å². The first-order valence-electron chi connectivity index (χ1n) is 4.43. The Hall–Kier alpha value is -1.84. The molecule has 1 aromatic heterocycles. The fraction of sp³-hybridized carbons (Fsp3) is 0.200. The largest absolute Gasteiger partial charge is 0.486 e. The molecule has 0 aliphatic carbocycles. The standard InChI is InChI=1S/C10H8N2O2/c1-2-9-10(14-4-3-13-9)7-5-11-6-12-8(1)7/h1-2,5-6H,3-4H2. The minimum Gasteiger partial charge on any atom is -0.486 e. The highest BCUT2D eigenvalue weighted by atomic mass is 16.6. The zero-order valence-electron chi connectivity index (χ0n) is 7.43. The molecular formula is C10H8N2O2. The van der Waals surface area contributed by atoms with Gasteiger partial charge in [0, 0.05) is 6.20 Å². The van der Waals surface area contributed by atoms with Gasteiger partial charge in [-0.2, -0.15) is 0 Å². The Bertz CT molecular complexity index is 485. The summed E-state index contributed by atoms with van der Waals surface area (Å²) in [5.41, 5.74) is 0.879. The number of hydrogen-bond donors (Lipinski definition) is 0. The van der Waals surface area contributed by atoms with Crippen LogP contribution in [0.2, 0.25) is 0 Å². The van der Waals surface area contributed by atoms with Crippen molar-refractivity contribution in [1.82, 2.24) is 9.97 Å². The number of ether oxygens (including phenoxy) is 2.